The molecule has 0 aliphatic carbocycles. The van der Waals surface area contributed by atoms with Gasteiger partial charge in [0, 0.05) is 28.1 Å². The summed E-state index contributed by atoms with van der Waals surface area (Å²) >= 11 is 9.46. The van der Waals surface area contributed by atoms with Crippen LogP contribution >= 0.6 is 27.5 Å². The van der Waals surface area contributed by atoms with Crippen molar-refractivity contribution in [3.8, 4) is 5.75 Å². The lowest BCUT2D eigenvalue weighted by Gasteiger charge is -2.12. The van der Waals surface area contributed by atoms with Crippen molar-refractivity contribution in [3.63, 3.8) is 0 Å². The molecule has 0 spiro atoms. The van der Waals surface area contributed by atoms with Crippen molar-refractivity contribution in [1.29, 1.82) is 0 Å². The Morgan fingerprint density at radius 3 is 2.52 bits per heavy atom. The van der Waals surface area contributed by atoms with Crippen LogP contribution in [0, 0.1) is 0 Å². The van der Waals surface area contributed by atoms with Gasteiger partial charge < -0.3 is 10.1 Å². The van der Waals surface area contributed by atoms with Crippen LogP contribution in [0.15, 0.2) is 46.9 Å². The van der Waals surface area contributed by atoms with Crippen molar-refractivity contribution in [2.75, 3.05) is 0 Å². The van der Waals surface area contributed by atoms with Crippen molar-refractivity contribution in [3.05, 3.63) is 63.1 Å². The summed E-state index contributed by atoms with van der Waals surface area (Å²) in [4.78, 5) is 0. The van der Waals surface area contributed by atoms with Gasteiger partial charge >= 0.3 is 6.61 Å². The van der Waals surface area contributed by atoms with Crippen LogP contribution in [0.3, 0.4) is 0 Å². The summed E-state index contributed by atoms with van der Waals surface area (Å²) in [5.41, 5.74) is 1.61. The number of benzene rings is 2. The Bertz CT molecular complexity index is 610. The summed E-state index contributed by atoms with van der Waals surface area (Å²) in [6.45, 7) is -1.88. The molecular formula is C15H13BrClF2NO. The van der Waals surface area contributed by atoms with Crippen LogP contribution in [0.4, 0.5) is 8.78 Å². The number of ether oxygens (including phenoxy) is 1. The molecule has 2 aromatic carbocycles. The highest BCUT2D eigenvalue weighted by atomic mass is 79.9. The minimum Gasteiger partial charge on any atom is -0.434 e. The molecule has 0 bridgehead atoms. The molecule has 0 aliphatic heterocycles. The maximum Gasteiger partial charge on any atom is 0.387 e. The first kappa shape index (κ1) is 16.2. The molecule has 1 N–H and O–H groups in total. The molecule has 0 unspecified atom stereocenters. The van der Waals surface area contributed by atoms with Crippen LogP contribution in [-0.2, 0) is 13.1 Å². The lowest BCUT2D eigenvalue weighted by molar-refractivity contribution is -0.0505. The van der Waals surface area contributed by atoms with Crippen molar-refractivity contribution >= 4 is 27.5 Å². The van der Waals surface area contributed by atoms with E-state index in [1.54, 1.807) is 18.2 Å². The number of halogens is 4. The Morgan fingerprint density at radius 1 is 1.10 bits per heavy atom. The van der Waals surface area contributed by atoms with Gasteiger partial charge in [-0.25, -0.2) is 0 Å². The van der Waals surface area contributed by atoms with E-state index < -0.39 is 6.61 Å². The number of nitrogens with one attached hydrogen (secondary N) is 1. The van der Waals surface area contributed by atoms with Gasteiger partial charge in [0.1, 0.15) is 5.75 Å². The Hall–Kier alpha value is -1.17. The third-order valence-corrected chi connectivity index (χ3v) is 3.68. The number of rotatable bonds is 6. The zero-order valence-corrected chi connectivity index (χ0v) is 13.3. The molecule has 0 saturated carbocycles. The molecule has 21 heavy (non-hydrogen) atoms. The molecule has 2 aromatic rings. The summed E-state index contributed by atoms with van der Waals surface area (Å²) in [5.74, 6) is 0.182. The summed E-state index contributed by atoms with van der Waals surface area (Å²) < 4.78 is 30.0. The first-order valence-electron chi connectivity index (χ1n) is 6.23. The van der Waals surface area contributed by atoms with E-state index >= 15 is 0 Å². The van der Waals surface area contributed by atoms with Crippen molar-refractivity contribution in [2.45, 2.75) is 19.7 Å². The molecule has 0 atom stereocenters. The molecule has 0 radical (unpaired) electrons. The first-order valence-corrected chi connectivity index (χ1v) is 7.40. The van der Waals surface area contributed by atoms with E-state index in [1.165, 1.54) is 6.07 Å². The number of hydrogen-bond donors (Lipinski definition) is 1. The van der Waals surface area contributed by atoms with Crippen LogP contribution in [0.1, 0.15) is 11.1 Å². The predicted octanol–water partition coefficient (Wildman–Crippen LogP) is 4.99. The predicted molar refractivity (Wildman–Crippen MR) is 82.8 cm³/mol. The van der Waals surface area contributed by atoms with E-state index in [4.69, 9.17) is 11.6 Å². The third-order valence-electron chi connectivity index (χ3n) is 2.83. The van der Waals surface area contributed by atoms with Gasteiger partial charge in [0.2, 0.25) is 0 Å². The van der Waals surface area contributed by atoms with Gasteiger partial charge in [-0.05, 0) is 23.8 Å². The smallest absolute Gasteiger partial charge is 0.387 e. The molecular weight excluding hydrogens is 364 g/mol. The lowest BCUT2D eigenvalue weighted by atomic mass is 10.2. The zero-order valence-electron chi connectivity index (χ0n) is 11.0. The minimum absolute atomic E-state index is 0.182. The molecule has 112 valence electrons. The van der Waals surface area contributed by atoms with E-state index in [9.17, 15) is 8.78 Å². The molecule has 0 saturated heterocycles. The fourth-order valence-electron chi connectivity index (χ4n) is 1.86. The zero-order chi connectivity index (χ0) is 15.2. The highest BCUT2D eigenvalue weighted by Crippen LogP contribution is 2.22. The lowest BCUT2D eigenvalue weighted by Crippen LogP contribution is -2.14. The summed E-state index contributed by atoms with van der Waals surface area (Å²) in [7, 11) is 0. The largest absolute Gasteiger partial charge is 0.434 e. The Morgan fingerprint density at radius 2 is 1.81 bits per heavy atom. The van der Waals surface area contributed by atoms with Gasteiger partial charge in [-0.3, -0.25) is 0 Å². The average Bonchev–Trinajstić information content (AvgIpc) is 2.42. The topological polar surface area (TPSA) is 21.3 Å². The highest BCUT2D eigenvalue weighted by molar-refractivity contribution is 9.10. The van der Waals surface area contributed by atoms with Gasteiger partial charge in [-0.15, -0.1) is 0 Å². The molecule has 0 amide bonds. The van der Waals surface area contributed by atoms with Crippen molar-refractivity contribution in [2.24, 2.45) is 0 Å². The molecule has 6 heteroatoms. The molecule has 0 fully saturated rings. The van der Waals surface area contributed by atoms with E-state index in [1.807, 2.05) is 18.2 Å². The van der Waals surface area contributed by atoms with Crippen LogP contribution in [-0.4, -0.2) is 6.61 Å². The second-order valence-electron chi connectivity index (χ2n) is 4.33. The molecule has 0 heterocycles. The van der Waals surface area contributed by atoms with Gasteiger partial charge in [0.15, 0.2) is 0 Å². The molecule has 0 aliphatic rings. The molecule has 2 rings (SSSR count). The average molecular weight is 377 g/mol. The van der Waals surface area contributed by atoms with Gasteiger partial charge in [0.25, 0.3) is 0 Å². The minimum atomic E-state index is -2.83. The van der Waals surface area contributed by atoms with Gasteiger partial charge in [-0.2, -0.15) is 8.78 Å². The Labute approximate surface area is 135 Å². The number of hydrogen-bond acceptors (Lipinski definition) is 2. The van der Waals surface area contributed by atoms with E-state index in [0.29, 0.717) is 23.7 Å². The van der Waals surface area contributed by atoms with E-state index in [-0.39, 0.29) is 5.75 Å². The van der Waals surface area contributed by atoms with E-state index in [2.05, 4.69) is 26.0 Å². The first-order chi connectivity index (χ1) is 10.1. The maximum atomic E-state index is 12.3. The van der Waals surface area contributed by atoms with Crippen LogP contribution in [0.25, 0.3) is 0 Å². The normalized spacial score (nSPS) is 10.9. The third kappa shape index (κ3) is 4.95. The highest BCUT2D eigenvalue weighted by Gasteiger charge is 2.09. The Balaban J connectivity index is 1.97. The van der Waals surface area contributed by atoms with E-state index in [0.717, 1.165) is 10.0 Å². The van der Waals surface area contributed by atoms with Crippen LogP contribution in [0.2, 0.25) is 5.02 Å². The summed E-state index contributed by atoms with van der Waals surface area (Å²) in [6.07, 6.45) is 0. The standard InChI is InChI=1S/C15H13BrClF2NO/c16-12-6-5-10(13(17)7-12)8-20-9-11-3-1-2-4-14(11)21-15(18)19/h1-7,15,20H,8-9H2. The quantitative estimate of drug-likeness (QED) is 0.766. The van der Waals surface area contributed by atoms with Crippen LogP contribution < -0.4 is 10.1 Å². The van der Waals surface area contributed by atoms with Crippen molar-refractivity contribution < 1.29 is 13.5 Å². The van der Waals surface area contributed by atoms with Crippen molar-refractivity contribution in [1.82, 2.24) is 5.32 Å². The monoisotopic (exact) mass is 375 g/mol. The summed E-state index contributed by atoms with van der Waals surface area (Å²) in [5, 5.41) is 3.81. The summed E-state index contributed by atoms with van der Waals surface area (Å²) in [6, 6.07) is 12.3. The SMILES string of the molecule is FC(F)Oc1ccccc1CNCc1ccc(Br)cc1Cl. The van der Waals surface area contributed by atoms with Crippen LogP contribution in [0.5, 0.6) is 5.75 Å². The Kier molecular flexibility index (Phi) is 5.96. The number of alkyl halides is 2. The second-order valence-corrected chi connectivity index (χ2v) is 5.65. The molecule has 2 nitrogen and oxygen atoms in total. The van der Waals surface area contributed by atoms with Gasteiger partial charge in [-0.1, -0.05) is 51.8 Å². The maximum absolute atomic E-state index is 12.3. The second kappa shape index (κ2) is 7.73. The number of para-hydroxylation sites is 1. The van der Waals surface area contributed by atoms with Gasteiger partial charge in [0.05, 0.1) is 0 Å². The fraction of sp³-hybridized carbons (Fsp3) is 0.200. The molecule has 0 aromatic heterocycles. The fourth-order valence-corrected chi connectivity index (χ4v) is 2.60.